The molecule has 1 aromatic heterocycles. The van der Waals surface area contributed by atoms with Crippen molar-refractivity contribution >= 4 is 23.2 Å². The van der Waals surface area contributed by atoms with Crippen LogP contribution in [0.15, 0.2) is 42.7 Å². The van der Waals surface area contributed by atoms with Crippen LogP contribution in [-0.4, -0.2) is 47.9 Å². The predicted octanol–water partition coefficient (Wildman–Crippen LogP) is 3.42. The van der Waals surface area contributed by atoms with Crippen LogP contribution in [0, 0.1) is 0 Å². The molecule has 27 heavy (non-hydrogen) atoms. The average molecular weight is 366 g/mol. The number of carbonyl (C=O) groups is 2. The average Bonchev–Trinajstić information content (AvgIpc) is 3.24. The number of carbonyl (C=O) groups excluding carboxylic acids is 2. The molecule has 0 radical (unpaired) electrons. The lowest BCUT2D eigenvalue weighted by atomic mass is 10.1. The SMILES string of the molecule is CCN(CC)c1ccc(NC(=O)c2cncc(C(=O)N3CCCC3)c2)cc1. The molecule has 0 unspecified atom stereocenters. The Morgan fingerprint density at radius 3 is 2.30 bits per heavy atom. The van der Waals surface area contributed by atoms with Crippen molar-refractivity contribution in [1.29, 1.82) is 0 Å². The molecule has 1 aromatic carbocycles. The van der Waals surface area contributed by atoms with E-state index in [1.165, 1.54) is 12.4 Å². The number of hydrogen-bond acceptors (Lipinski definition) is 4. The molecule has 0 spiro atoms. The first-order valence-corrected chi connectivity index (χ1v) is 9.53. The Balaban J connectivity index is 1.69. The standard InChI is InChI=1S/C21H26N4O2/c1-3-24(4-2)19-9-7-18(8-10-19)23-20(26)16-13-17(15-22-14-16)21(27)25-11-5-6-12-25/h7-10,13-15H,3-6,11-12H2,1-2H3,(H,23,26). The molecule has 0 saturated carbocycles. The van der Waals surface area contributed by atoms with Crippen LogP contribution in [0.25, 0.3) is 0 Å². The Kier molecular flexibility index (Phi) is 6.06. The molecule has 1 aliphatic heterocycles. The third-order valence-corrected chi connectivity index (χ3v) is 4.89. The maximum Gasteiger partial charge on any atom is 0.257 e. The Morgan fingerprint density at radius 1 is 1.04 bits per heavy atom. The van der Waals surface area contributed by atoms with Crippen molar-refractivity contribution < 1.29 is 9.59 Å². The van der Waals surface area contributed by atoms with E-state index in [1.807, 2.05) is 29.2 Å². The van der Waals surface area contributed by atoms with Crippen molar-refractivity contribution in [1.82, 2.24) is 9.88 Å². The van der Waals surface area contributed by atoms with Gasteiger partial charge in [0, 0.05) is 49.9 Å². The lowest BCUT2D eigenvalue weighted by Crippen LogP contribution is -2.28. The van der Waals surface area contributed by atoms with Crippen LogP contribution < -0.4 is 10.2 Å². The summed E-state index contributed by atoms with van der Waals surface area (Å²) in [5.41, 5.74) is 2.68. The highest BCUT2D eigenvalue weighted by Crippen LogP contribution is 2.19. The summed E-state index contributed by atoms with van der Waals surface area (Å²) in [5, 5.41) is 2.87. The van der Waals surface area contributed by atoms with E-state index in [9.17, 15) is 9.59 Å². The number of likely N-dealkylation sites (tertiary alicyclic amines) is 1. The molecule has 2 aromatic rings. The van der Waals surface area contributed by atoms with Gasteiger partial charge in [0.2, 0.25) is 0 Å². The van der Waals surface area contributed by atoms with Crippen molar-refractivity contribution in [2.75, 3.05) is 36.4 Å². The van der Waals surface area contributed by atoms with Crippen molar-refractivity contribution in [2.24, 2.45) is 0 Å². The summed E-state index contributed by atoms with van der Waals surface area (Å²) in [5.74, 6) is -0.326. The number of hydrogen-bond donors (Lipinski definition) is 1. The van der Waals surface area contributed by atoms with E-state index in [0.29, 0.717) is 16.8 Å². The van der Waals surface area contributed by atoms with Crippen molar-refractivity contribution in [2.45, 2.75) is 26.7 Å². The van der Waals surface area contributed by atoms with E-state index in [4.69, 9.17) is 0 Å². The molecule has 1 fully saturated rings. The minimum absolute atomic E-state index is 0.0572. The fourth-order valence-corrected chi connectivity index (χ4v) is 3.33. The summed E-state index contributed by atoms with van der Waals surface area (Å²) >= 11 is 0. The van der Waals surface area contributed by atoms with Crippen LogP contribution in [0.4, 0.5) is 11.4 Å². The van der Waals surface area contributed by atoms with Gasteiger partial charge >= 0.3 is 0 Å². The zero-order valence-electron chi connectivity index (χ0n) is 15.9. The van der Waals surface area contributed by atoms with Crippen LogP contribution >= 0.6 is 0 Å². The molecular formula is C21H26N4O2. The molecular weight excluding hydrogens is 340 g/mol. The topological polar surface area (TPSA) is 65.5 Å². The summed E-state index contributed by atoms with van der Waals surface area (Å²) in [4.78, 5) is 33.2. The Bertz CT molecular complexity index is 794. The fraction of sp³-hybridized carbons (Fsp3) is 0.381. The van der Waals surface area contributed by atoms with Gasteiger partial charge in [-0.2, -0.15) is 0 Å². The molecule has 1 N–H and O–H groups in total. The van der Waals surface area contributed by atoms with E-state index in [-0.39, 0.29) is 11.8 Å². The maximum atomic E-state index is 12.6. The van der Waals surface area contributed by atoms with Gasteiger partial charge in [-0.25, -0.2) is 0 Å². The van der Waals surface area contributed by atoms with Crippen LogP contribution in [0.2, 0.25) is 0 Å². The Labute approximate surface area is 160 Å². The van der Waals surface area contributed by atoms with Crippen LogP contribution in [-0.2, 0) is 0 Å². The largest absolute Gasteiger partial charge is 0.372 e. The zero-order valence-corrected chi connectivity index (χ0v) is 15.9. The van der Waals surface area contributed by atoms with Gasteiger partial charge in [0.1, 0.15) is 0 Å². The Hall–Kier alpha value is -2.89. The molecule has 6 nitrogen and oxygen atoms in total. The molecule has 2 heterocycles. The first kappa shape index (κ1) is 18.9. The highest BCUT2D eigenvalue weighted by atomic mass is 16.2. The number of pyridine rings is 1. The summed E-state index contributed by atoms with van der Waals surface area (Å²) in [6, 6.07) is 9.38. The first-order valence-electron chi connectivity index (χ1n) is 9.53. The molecule has 1 saturated heterocycles. The quantitative estimate of drug-likeness (QED) is 0.851. The van der Waals surface area contributed by atoms with Gasteiger partial charge in [-0.1, -0.05) is 0 Å². The maximum absolute atomic E-state index is 12.6. The Morgan fingerprint density at radius 2 is 1.67 bits per heavy atom. The van der Waals surface area contributed by atoms with Gasteiger partial charge < -0.3 is 15.1 Å². The van der Waals surface area contributed by atoms with E-state index in [1.54, 1.807) is 6.07 Å². The minimum Gasteiger partial charge on any atom is -0.372 e. The summed E-state index contributed by atoms with van der Waals surface area (Å²) in [7, 11) is 0. The van der Waals surface area contributed by atoms with Gasteiger partial charge in [-0.15, -0.1) is 0 Å². The molecule has 142 valence electrons. The van der Waals surface area contributed by atoms with Gasteiger partial charge in [0.05, 0.1) is 11.1 Å². The minimum atomic E-state index is -0.269. The number of benzene rings is 1. The lowest BCUT2D eigenvalue weighted by molar-refractivity contribution is 0.0792. The number of aromatic nitrogens is 1. The summed E-state index contributed by atoms with van der Waals surface area (Å²) in [6.45, 7) is 7.64. The smallest absolute Gasteiger partial charge is 0.257 e. The number of nitrogens with zero attached hydrogens (tertiary/aromatic N) is 3. The van der Waals surface area contributed by atoms with Crippen molar-refractivity contribution in [3.63, 3.8) is 0 Å². The monoisotopic (exact) mass is 366 g/mol. The fourth-order valence-electron chi connectivity index (χ4n) is 3.33. The van der Waals surface area contributed by atoms with E-state index in [0.717, 1.165) is 44.7 Å². The molecule has 0 atom stereocenters. The predicted molar refractivity (Wildman–Crippen MR) is 107 cm³/mol. The third-order valence-electron chi connectivity index (χ3n) is 4.89. The molecule has 1 aliphatic rings. The first-order chi connectivity index (χ1) is 13.1. The van der Waals surface area contributed by atoms with Crippen LogP contribution in [0.1, 0.15) is 47.4 Å². The molecule has 3 rings (SSSR count). The molecule has 2 amide bonds. The molecule has 0 bridgehead atoms. The number of rotatable bonds is 6. The van der Waals surface area contributed by atoms with E-state index in [2.05, 4.69) is 29.0 Å². The van der Waals surface area contributed by atoms with Gasteiger partial charge in [0.25, 0.3) is 11.8 Å². The molecule has 0 aliphatic carbocycles. The van der Waals surface area contributed by atoms with Gasteiger partial charge in [-0.3, -0.25) is 14.6 Å². The summed E-state index contributed by atoms with van der Waals surface area (Å²) < 4.78 is 0. The van der Waals surface area contributed by atoms with E-state index >= 15 is 0 Å². The summed E-state index contributed by atoms with van der Waals surface area (Å²) in [6.07, 6.45) is 5.07. The lowest BCUT2D eigenvalue weighted by Gasteiger charge is -2.21. The number of nitrogens with one attached hydrogen (secondary N) is 1. The second-order valence-corrected chi connectivity index (χ2v) is 6.63. The van der Waals surface area contributed by atoms with Gasteiger partial charge in [0.15, 0.2) is 0 Å². The zero-order chi connectivity index (χ0) is 19.2. The third kappa shape index (κ3) is 4.45. The highest BCUT2D eigenvalue weighted by Gasteiger charge is 2.20. The second-order valence-electron chi connectivity index (χ2n) is 6.63. The highest BCUT2D eigenvalue weighted by molar-refractivity contribution is 6.05. The van der Waals surface area contributed by atoms with Crippen LogP contribution in [0.5, 0.6) is 0 Å². The van der Waals surface area contributed by atoms with Crippen molar-refractivity contribution in [3.8, 4) is 0 Å². The number of anilines is 2. The second kappa shape index (κ2) is 8.66. The number of amides is 2. The normalized spacial score (nSPS) is 13.5. The molecule has 6 heteroatoms. The van der Waals surface area contributed by atoms with E-state index < -0.39 is 0 Å². The van der Waals surface area contributed by atoms with Gasteiger partial charge in [-0.05, 0) is 57.0 Å². The van der Waals surface area contributed by atoms with Crippen molar-refractivity contribution in [3.05, 3.63) is 53.9 Å². The van der Waals surface area contributed by atoms with Crippen LogP contribution in [0.3, 0.4) is 0 Å².